The van der Waals surface area contributed by atoms with Crippen molar-refractivity contribution >= 4 is 10.9 Å². The van der Waals surface area contributed by atoms with Crippen LogP contribution in [-0.4, -0.2) is 4.98 Å². The summed E-state index contributed by atoms with van der Waals surface area (Å²) in [6.45, 7) is 10.7. The minimum absolute atomic E-state index is 0.0517. The molecule has 2 rings (SSSR count). The Morgan fingerprint density at radius 1 is 1.21 bits per heavy atom. The van der Waals surface area contributed by atoms with Crippen molar-refractivity contribution in [2.75, 3.05) is 0 Å². The Morgan fingerprint density at radius 3 is 2.42 bits per heavy atom. The second-order valence-corrected chi connectivity index (χ2v) is 6.31. The Bertz CT molecular complexity index is 655. The highest BCUT2D eigenvalue weighted by atomic mass is 14.7. The summed E-state index contributed by atoms with van der Waals surface area (Å²) in [5.74, 6) is 0.401. The minimum Gasteiger partial charge on any atom is -0.252 e. The highest BCUT2D eigenvalue weighted by Gasteiger charge is 2.19. The van der Waals surface area contributed by atoms with Crippen LogP contribution in [0.3, 0.4) is 0 Å². The van der Waals surface area contributed by atoms with Gasteiger partial charge in [0.25, 0.3) is 0 Å². The number of hydrogen-bond donors (Lipinski definition) is 0. The molecule has 19 heavy (non-hydrogen) atoms. The summed E-state index contributed by atoms with van der Waals surface area (Å²) in [4.78, 5) is 4.83. The van der Waals surface area contributed by atoms with E-state index in [4.69, 9.17) is 4.98 Å². The second kappa shape index (κ2) is 4.66. The van der Waals surface area contributed by atoms with E-state index in [-0.39, 0.29) is 5.41 Å². The fourth-order valence-electron chi connectivity index (χ4n) is 2.21. The third-order valence-electron chi connectivity index (χ3n) is 3.38. The largest absolute Gasteiger partial charge is 0.252 e. The zero-order chi connectivity index (χ0) is 14.2. The summed E-state index contributed by atoms with van der Waals surface area (Å²) in [5.41, 5.74) is 3.83. The van der Waals surface area contributed by atoms with E-state index in [1.165, 1.54) is 5.56 Å². The van der Waals surface area contributed by atoms with Gasteiger partial charge in [-0.15, -0.1) is 0 Å². The molecule has 1 heterocycles. The first kappa shape index (κ1) is 13.5. The zero-order valence-corrected chi connectivity index (χ0v) is 12.3. The quantitative estimate of drug-likeness (QED) is 0.747. The predicted octanol–water partition coefficient (Wildman–Crippen LogP) is 4.53. The van der Waals surface area contributed by atoms with Crippen LogP contribution in [0.15, 0.2) is 24.3 Å². The lowest BCUT2D eigenvalue weighted by Gasteiger charge is -2.20. The van der Waals surface area contributed by atoms with Crippen LogP contribution in [0.2, 0.25) is 0 Å². The van der Waals surface area contributed by atoms with Crippen LogP contribution in [0.25, 0.3) is 10.9 Å². The van der Waals surface area contributed by atoms with Crippen molar-refractivity contribution in [3.63, 3.8) is 0 Å². The third-order valence-corrected chi connectivity index (χ3v) is 3.38. The van der Waals surface area contributed by atoms with Gasteiger partial charge in [0.15, 0.2) is 0 Å². The lowest BCUT2D eigenvalue weighted by atomic mass is 9.89. The first-order valence-electron chi connectivity index (χ1n) is 6.69. The van der Waals surface area contributed by atoms with Crippen molar-refractivity contribution in [1.29, 1.82) is 5.26 Å². The van der Waals surface area contributed by atoms with E-state index in [1.807, 2.05) is 18.2 Å². The van der Waals surface area contributed by atoms with Crippen molar-refractivity contribution in [2.45, 2.75) is 46.0 Å². The van der Waals surface area contributed by atoms with Gasteiger partial charge in [0.1, 0.15) is 0 Å². The molecule has 0 radical (unpaired) electrons. The first-order valence-corrected chi connectivity index (χ1v) is 6.69. The van der Waals surface area contributed by atoms with E-state index in [0.29, 0.717) is 5.92 Å². The Labute approximate surface area is 115 Å². The van der Waals surface area contributed by atoms with E-state index in [2.05, 4.69) is 46.8 Å². The molecule has 0 N–H and O–H groups in total. The normalized spacial score (nSPS) is 11.8. The van der Waals surface area contributed by atoms with Gasteiger partial charge < -0.3 is 0 Å². The number of fused-ring (bicyclic) bond motifs is 1. The van der Waals surface area contributed by atoms with E-state index in [9.17, 15) is 5.26 Å². The van der Waals surface area contributed by atoms with Crippen LogP contribution in [0.5, 0.6) is 0 Å². The molecule has 0 saturated heterocycles. The van der Waals surface area contributed by atoms with E-state index < -0.39 is 0 Å². The molecule has 0 aliphatic carbocycles. The van der Waals surface area contributed by atoms with Crippen LogP contribution in [0, 0.1) is 11.3 Å². The van der Waals surface area contributed by atoms with Gasteiger partial charge in [0.2, 0.25) is 0 Å². The van der Waals surface area contributed by atoms with Crippen LogP contribution in [-0.2, 0) is 5.41 Å². The molecule has 0 bridgehead atoms. The molecule has 0 fully saturated rings. The van der Waals surface area contributed by atoms with Crippen molar-refractivity contribution in [2.24, 2.45) is 0 Å². The Hall–Kier alpha value is -1.88. The molecule has 0 aliphatic heterocycles. The highest BCUT2D eigenvalue weighted by molar-refractivity contribution is 5.87. The van der Waals surface area contributed by atoms with Gasteiger partial charge in [0, 0.05) is 16.5 Å². The number of pyridine rings is 1. The molecule has 1 aromatic heterocycles. The van der Waals surface area contributed by atoms with Crippen molar-refractivity contribution in [3.05, 3.63) is 41.1 Å². The minimum atomic E-state index is -0.0517. The lowest BCUT2D eigenvalue weighted by Crippen LogP contribution is -2.14. The molecule has 98 valence electrons. The first-order chi connectivity index (χ1) is 8.84. The summed E-state index contributed by atoms with van der Waals surface area (Å²) in [6.07, 6.45) is 0. The maximum atomic E-state index is 9.38. The predicted molar refractivity (Wildman–Crippen MR) is 79.2 cm³/mol. The number of rotatable bonds is 1. The molecule has 0 amide bonds. The topological polar surface area (TPSA) is 36.7 Å². The fourth-order valence-corrected chi connectivity index (χ4v) is 2.21. The van der Waals surface area contributed by atoms with Gasteiger partial charge in [-0.05, 0) is 17.5 Å². The number of nitrogens with zero attached hydrogens (tertiary/aromatic N) is 2. The number of benzene rings is 1. The zero-order valence-electron chi connectivity index (χ0n) is 12.3. The average Bonchev–Trinajstić information content (AvgIpc) is 2.35. The maximum Gasteiger partial charge on any atom is 0.0999 e. The van der Waals surface area contributed by atoms with Crippen molar-refractivity contribution in [1.82, 2.24) is 4.98 Å². The summed E-state index contributed by atoms with van der Waals surface area (Å²) in [7, 11) is 0. The van der Waals surface area contributed by atoms with Crippen LogP contribution in [0.1, 0.15) is 57.4 Å². The Morgan fingerprint density at radius 2 is 1.89 bits per heavy atom. The molecule has 0 spiro atoms. The van der Waals surface area contributed by atoms with Crippen LogP contribution in [0.4, 0.5) is 0 Å². The lowest BCUT2D eigenvalue weighted by molar-refractivity contribution is 0.571. The molecular weight excluding hydrogens is 232 g/mol. The number of nitriles is 1. The number of hydrogen-bond acceptors (Lipinski definition) is 2. The Balaban J connectivity index is 2.88. The standard InChI is InChI=1S/C17H20N2/c1-11(2)13-7-6-8-14-12(10-18)9-15(17(3,4)5)19-16(13)14/h6-9,11H,1-5H3. The third kappa shape index (κ3) is 2.46. The molecule has 2 nitrogen and oxygen atoms in total. The molecule has 0 aliphatic rings. The van der Waals surface area contributed by atoms with Gasteiger partial charge >= 0.3 is 0 Å². The van der Waals surface area contributed by atoms with Gasteiger partial charge in [-0.1, -0.05) is 52.8 Å². The molecule has 1 aromatic carbocycles. The molecule has 0 saturated carbocycles. The van der Waals surface area contributed by atoms with E-state index in [1.54, 1.807) is 0 Å². The smallest absolute Gasteiger partial charge is 0.0999 e. The summed E-state index contributed by atoms with van der Waals surface area (Å²) >= 11 is 0. The SMILES string of the molecule is CC(C)c1cccc2c(C#N)cc(C(C)(C)C)nc12. The van der Waals surface area contributed by atoms with Gasteiger partial charge in [-0.2, -0.15) is 5.26 Å². The number of aromatic nitrogens is 1. The maximum absolute atomic E-state index is 9.38. The average molecular weight is 252 g/mol. The van der Waals surface area contributed by atoms with Gasteiger partial charge in [0.05, 0.1) is 17.1 Å². The summed E-state index contributed by atoms with van der Waals surface area (Å²) in [6, 6.07) is 10.3. The van der Waals surface area contributed by atoms with Crippen molar-refractivity contribution < 1.29 is 0 Å². The van der Waals surface area contributed by atoms with Gasteiger partial charge in [-0.3, -0.25) is 4.98 Å². The van der Waals surface area contributed by atoms with Crippen LogP contribution < -0.4 is 0 Å². The van der Waals surface area contributed by atoms with E-state index >= 15 is 0 Å². The summed E-state index contributed by atoms with van der Waals surface area (Å²) < 4.78 is 0. The number of para-hydroxylation sites is 1. The molecular formula is C17H20N2. The van der Waals surface area contributed by atoms with Crippen molar-refractivity contribution in [3.8, 4) is 6.07 Å². The molecule has 2 aromatic rings. The fraction of sp³-hybridized carbons (Fsp3) is 0.412. The monoisotopic (exact) mass is 252 g/mol. The van der Waals surface area contributed by atoms with E-state index in [0.717, 1.165) is 22.2 Å². The second-order valence-electron chi connectivity index (χ2n) is 6.31. The molecule has 0 atom stereocenters. The highest BCUT2D eigenvalue weighted by Crippen LogP contribution is 2.30. The van der Waals surface area contributed by atoms with Crippen LogP contribution >= 0.6 is 0 Å². The molecule has 2 heteroatoms. The summed E-state index contributed by atoms with van der Waals surface area (Å²) in [5, 5.41) is 10.3. The molecule has 0 unspecified atom stereocenters. The Kier molecular flexibility index (Phi) is 3.32. The van der Waals surface area contributed by atoms with Gasteiger partial charge in [-0.25, -0.2) is 0 Å².